The number of rotatable bonds is 4. The van der Waals surface area contributed by atoms with Crippen molar-refractivity contribution in [1.82, 2.24) is 20.0 Å². The second kappa shape index (κ2) is 7.09. The van der Waals surface area contributed by atoms with Gasteiger partial charge in [0.15, 0.2) is 11.6 Å². The molecule has 0 fully saturated rings. The van der Waals surface area contributed by atoms with Gasteiger partial charge in [0.05, 0.1) is 23.9 Å². The van der Waals surface area contributed by atoms with Crippen molar-refractivity contribution < 1.29 is 13.7 Å². The van der Waals surface area contributed by atoms with E-state index in [0.29, 0.717) is 39.3 Å². The molecular formula is C20H17ClN4O3. The Bertz CT molecular complexity index is 1170. The minimum Gasteiger partial charge on any atom is -0.463 e. The van der Waals surface area contributed by atoms with Crippen molar-refractivity contribution in [3.05, 3.63) is 64.5 Å². The van der Waals surface area contributed by atoms with E-state index in [1.807, 2.05) is 13.0 Å². The molecule has 0 N–H and O–H groups in total. The van der Waals surface area contributed by atoms with Gasteiger partial charge in [-0.05, 0) is 43.7 Å². The summed E-state index contributed by atoms with van der Waals surface area (Å²) in [7, 11) is 1.68. The fourth-order valence-electron chi connectivity index (χ4n) is 3.02. The highest BCUT2D eigenvalue weighted by Gasteiger charge is 2.21. The molecule has 7 nitrogen and oxygen atoms in total. The van der Waals surface area contributed by atoms with Crippen molar-refractivity contribution in [2.45, 2.75) is 20.4 Å². The van der Waals surface area contributed by atoms with Crippen molar-refractivity contribution in [2.24, 2.45) is 0 Å². The normalized spacial score (nSPS) is 11.1. The molecule has 0 aliphatic heterocycles. The molecule has 0 aliphatic rings. The smallest absolute Gasteiger partial charge is 0.254 e. The SMILES string of the molecule is Cc1noc(CN(C)C(=O)c2cc(-c3ccco3)nc3c(C)c(Cl)ccc23)n1. The Morgan fingerprint density at radius 1 is 1.21 bits per heavy atom. The van der Waals surface area contributed by atoms with E-state index in [-0.39, 0.29) is 12.5 Å². The van der Waals surface area contributed by atoms with Crippen LogP contribution in [-0.2, 0) is 6.54 Å². The molecule has 0 atom stereocenters. The van der Waals surface area contributed by atoms with Crippen LogP contribution in [0.5, 0.6) is 0 Å². The van der Waals surface area contributed by atoms with Crippen LogP contribution in [0.1, 0.15) is 27.6 Å². The molecule has 4 aromatic rings. The van der Waals surface area contributed by atoms with Crippen LogP contribution in [0.3, 0.4) is 0 Å². The zero-order valence-corrected chi connectivity index (χ0v) is 16.3. The summed E-state index contributed by atoms with van der Waals surface area (Å²) in [6.45, 7) is 3.81. The Balaban J connectivity index is 1.82. The maximum absolute atomic E-state index is 13.2. The number of carbonyl (C=O) groups excluding carboxylic acids is 1. The molecule has 3 aromatic heterocycles. The van der Waals surface area contributed by atoms with Crippen LogP contribution in [0.4, 0.5) is 0 Å². The monoisotopic (exact) mass is 396 g/mol. The summed E-state index contributed by atoms with van der Waals surface area (Å²) in [6.07, 6.45) is 1.57. The van der Waals surface area contributed by atoms with Crippen molar-refractivity contribution >= 4 is 28.4 Å². The van der Waals surface area contributed by atoms with E-state index >= 15 is 0 Å². The second-order valence-corrected chi connectivity index (χ2v) is 6.90. The highest BCUT2D eigenvalue weighted by molar-refractivity contribution is 6.32. The molecule has 1 aromatic carbocycles. The number of hydrogen-bond acceptors (Lipinski definition) is 6. The summed E-state index contributed by atoms with van der Waals surface area (Å²) in [6, 6.07) is 8.88. The van der Waals surface area contributed by atoms with E-state index in [1.165, 1.54) is 4.90 Å². The summed E-state index contributed by atoms with van der Waals surface area (Å²) >= 11 is 6.28. The summed E-state index contributed by atoms with van der Waals surface area (Å²) < 4.78 is 10.6. The lowest BCUT2D eigenvalue weighted by molar-refractivity contribution is 0.0771. The quantitative estimate of drug-likeness (QED) is 0.507. The number of aryl methyl sites for hydroxylation is 2. The molecule has 0 saturated carbocycles. The molecule has 4 rings (SSSR count). The summed E-state index contributed by atoms with van der Waals surface area (Å²) in [5.74, 6) is 1.27. The van der Waals surface area contributed by atoms with Gasteiger partial charge in [-0.2, -0.15) is 4.98 Å². The van der Waals surface area contributed by atoms with Gasteiger partial charge >= 0.3 is 0 Å². The summed E-state index contributed by atoms with van der Waals surface area (Å²) in [5.41, 5.74) is 2.52. The molecule has 0 spiro atoms. The standard InChI is InChI=1S/C20H17ClN4O3/c1-11-15(21)7-6-13-14(9-16(23-19(11)13)17-5-4-8-27-17)20(26)25(3)10-18-22-12(2)24-28-18/h4-9H,10H2,1-3H3. The van der Waals surface area contributed by atoms with Gasteiger partial charge in [0.25, 0.3) is 5.91 Å². The van der Waals surface area contributed by atoms with Crippen LogP contribution < -0.4 is 0 Å². The predicted molar refractivity (Wildman–Crippen MR) is 104 cm³/mol. The van der Waals surface area contributed by atoms with E-state index in [1.54, 1.807) is 44.5 Å². The van der Waals surface area contributed by atoms with Gasteiger partial charge in [-0.15, -0.1) is 0 Å². The largest absolute Gasteiger partial charge is 0.463 e. The average Bonchev–Trinajstić information content (AvgIpc) is 3.35. The Kier molecular flexibility index (Phi) is 4.60. The van der Waals surface area contributed by atoms with E-state index in [0.717, 1.165) is 10.9 Å². The number of furan rings is 1. The molecule has 0 bridgehead atoms. The molecule has 3 heterocycles. The van der Waals surface area contributed by atoms with Crippen molar-refractivity contribution in [2.75, 3.05) is 7.05 Å². The lowest BCUT2D eigenvalue weighted by Gasteiger charge is -2.17. The van der Waals surface area contributed by atoms with E-state index < -0.39 is 0 Å². The molecule has 1 amide bonds. The molecule has 0 unspecified atom stereocenters. The van der Waals surface area contributed by atoms with E-state index in [2.05, 4.69) is 15.1 Å². The Labute approximate surface area is 165 Å². The number of pyridine rings is 1. The number of fused-ring (bicyclic) bond motifs is 1. The van der Waals surface area contributed by atoms with E-state index in [9.17, 15) is 4.79 Å². The number of carbonyl (C=O) groups is 1. The van der Waals surface area contributed by atoms with Gasteiger partial charge in [-0.25, -0.2) is 4.98 Å². The first-order valence-electron chi connectivity index (χ1n) is 8.62. The van der Waals surface area contributed by atoms with Gasteiger partial charge in [-0.3, -0.25) is 4.79 Å². The number of halogens is 1. The second-order valence-electron chi connectivity index (χ2n) is 6.50. The Hall–Kier alpha value is -3.19. The fraction of sp³-hybridized carbons (Fsp3) is 0.200. The predicted octanol–water partition coefficient (Wildman–Crippen LogP) is 4.42. The average molecular weight is 397 g/mol. The number of benzene rings is 1. The van der Waals surface area contributed by atoms with Crippen LogP contribution in [0.2, 0.25) is 5.02 Å². The highest BCUT2D eigenvalue weighted by Crippen LogP contribution is 2.31. The summed E-state index contributed by atoms with van der Waals surface area (Å²) in [5, 5.41) is 5.07. The maximum Gasteiger partial charge on any atom is 0.254 e. The first-order valence-corrected chi connectivity index (χ1v) is 9.00. The Morgan fingerprint density at radius 2 is 2.04 bits per heavy atom. The minimum atomic E-state index is -0.196. The van der Waals surface area contributed by atoms with Gasteiger partial charge in [0, 0.05) is 17.5 Å². The third-order valence-electron chi connectivity index (χ3n) is 4.46. The first kappa shape index (κ1) is 18.2. The number of amides is 1. The number of aromatic nitrogens is 3. The van der Waals surface area contributed by atoms with Crippen LogP contribution in [0.25, 0.3) is 22.4 Å². The minimum absolute atomic E-state index is 0.196. The van der Waals surface area contributed by atoms with Crippen LogP contribution in [0.15, 0.2) is 45.5 Å². The van der Waals surface area contributed by atoms with Gasteiger partial charge < -0.3 is 13.8 Å². The van der Waals surface area contributed by atoms with Crippen LogP contribution in [0, 0.1) is 13.8 Å². The lowest BCUT2D eigenvalue weighted by Crippen LogP contribution is -2.26. The lowest BCUT2D eigenvalue weighted by atomic mass is 10.0. The van der Waals surface area contributed by atoms with Crippen molar-refractivity contribution in [3.8, 4) is 11.5 Å². The van der Waals surface area contributed by atoms with Crippen molar-refractivity contribution in [3.63, 3.8) is 0 Å². The zero-order valence-electron chi connectivity index (χ0n) is 15.6. The van der Waals surface area contributed by atoms with Gasteiger partial charge in [-0.1, -0.05) is 22.8 Å². The first-order chi connectivity index (χ1) is 13.4. The van der Waals surface area contributed by atoms with Gasteiger partial charge in [0.1, 0.15) is 5.69 Å². The molecule has 0 saturated heterocycles. The van der Waals surface area contributed by atoms with Crippen molar-refractivity contribution in [1.29, 1.82) is 0 Å². The van der Waals surface area contributed by atoms with Gasteiger partial charge in [0.2, 0.25) is 5.89 Å². The number of hydrogen-bond donors (Lipinski definition) is 0. The third-order valence-corrected chi connectivity index (χ3v) is 4.87. The highest BCUT2D eigenvalue weighted by atomic mass is 35.5. The molecule has 0 radical (unpaired) electrons. The molecule has 142 valence electrons. The maximum atomic E-state index is 13.2. The Morgan fingerprint density at radius 3 is 2.71 bits per heavy atom. The third kappa shape index (κ3) is 3.25. The molecule has 8 heteroatoms. The van der Waals surface area contributed by atoms with E-state index in [4.69, 9.17) is 20.5 Å². The van der Waals surface area contributed by atoms with Crippen LogP contribution >= 0.6 is 11.6 Å². The molecule has 28 heavy (non-hydrogen) atoms. The number of nitrogens with zero attached hydrogens (tertiary/aromatic N) is 4. The molecular weight excluding hydrogens is 380 g/mol. The zero-order chi connectivity index (χ0) is 19.8. The van der Waals surface area contributed by atoms with Crippen LogP contribution in [-0.4, -0.2) is 33.0 Å². The molecule has 0 aliphatic carbocycles. The fourth-order valence-corrected chi connectivity index (χ4v) is 3.17. The topological polar surface area (TPSA) is 85.3 Å². The summed E-state index contributed by atoms with van der Waals surface area (Å²) in [4.78, 5) is 23.6.